The van der Waals surface area contributed by atoms with Gasteiger partial charge < -0.3 is 9.47 Å². The Hall–Kier alpha value is -2.03. The first kappa shape index (κ1) is 14.4. The number of benzene rings is 1. The van der Waals surface area contributed by atoms with Crippen molar-refractivity contribution in [1.82, 2.24) is 0 Å². The van der Waals surface area contributed by atoms with Crippen LogP contribution in [0.3, 0.4) is 0 Å². The predicted molar refractivity (Wildman–Crippen MR) is 76.9 cm³/mol. The molecule has 0 aliphatic heterocycles. The van der Waals surface area contributed by atoms with Gasteiger partial charge in [0.1, 0.15) is 11.5 Å². The van der Waals surface area contributed by atoms with Crippen LogP contribution in [0, 0.1) is 11.3 Å². The number of hydrogen-bond acceptors (Lipinski definition) is 5. The van der Waals surface area contributed by atoms with E-state index in [4.69, 9.17) is 26.3 Å². The molecule has 0 unspecified atom stereocenters. The second-order valence-electron chi connectivity index (χ2n) is 3.82. The van der Waals surface area contributed by atoms with Gasteiger partial charge in [0.15, 0.2) is 6.61 Å². The first-order valence-electron chi connectivity index (χ1n) is 5.63. The van der Waals surface area contributed by atoms with E-state index in [-0.39, 0.29) is 12.4 Å². The van der Waals surface area contributed by atoms with Gasteiger partial charge in [-0.3, -0.25) is 4.79 Å². The number of ketones is 1. The molecule has 0 amide bonds. The van der Waals surface area contributed by atoms with Crippen LogP contribution in [0.4, 0.5) is 0 Å². The fourth-order valence-corrected chi connectivity index (χ4v) is 2.49. The Morgan fingerprint density at radius 1 is 1.35 bits per heavy atom. The molecule has 0 radical (unpaired) electrons. The van der Waals surface area contributed by atoms with E-state index in [0.717, 1.165) is 0 Å². The first-order valence-corrected chi connectivity index (χ1v) is 6.82. The van der Waals surface area contributed by atoms with E-state index in [0.29, 0.717) is 26.3 Å². The summed E-state index contributed by atoms with van der Waals surface area (Å²) in [6, 6.07) is 10.1. The monoisotopic (exact) mass is 307 g/mol. The van der Waals surface area contributed by atoms with Gasteiger partial charge in [0.05, 0.1) is 28.0 Å². The predicted octanol–water partition coefficient (Wildman–Crippen LogP) is 3.54. The number of nitriles is 1. The quantitative estimate of drug-likeness (QED) is 0.793. The third-order valence-corrected chi connectivity index (χ3v) is 3.73. The van der Waals surface area contributed by atoms with E-state index < -0.39 is 0 Å². The SMILES string of the molecule is COc1cc(C#N)cc(OCC(=O)c2ccc(Cl)s2)c1. The van der Waals surface area contributed by atoms with E-state index in [1.807, 2.05) is 6.07 Å². The fourth-order valence-electron chi connectivity index (χ4n) is 1.52. The van der Waals surface area contributed by atoms with Gasteiger partial charge in [0, 0.05) is 6.07 Å². The summed E-state index contributed by atoms with van der Waals surface area (Å²) in [5.41, 5.74) is 0.408. The Kier molecular flexibility index (Phi) is 4.61. The van der Waals surface area contributed by atoms with Crippen LogP contribution in [0.5, 0.6) is 11.5 Å². The molecule has 0 aliphatic carbocycles. The van der Waals surface area contributed by atoms with Gasteiger partial charge in [-0.05, 0) is 24.3 Å². The smallest absolute Gasteiger partial charge is 0.210 e. The van der Waals surface area contributed by atoms with E-state index in [1.165, 1.54) is 18.4 Å². The molecule has 0 atom stereocenters. The zero-order chi connectivity index (χ0) is 14.5. The van der Waals surface area contributed by atoms with Gasteiger partial charge in [0.25, 0.3) is 0 Å². The Balaban J connectivity index is 2.07. The van der Waals surface area contributed by atoms with Crippen molar-refractivity contribution in [2.24, 2.45) is 0 Å². The van der Waals surface area contributed by atoms with Crippen molar-refractivity contribution in [2.75, 3.05) is 13.7 Å². The maximum Gasteiger partial charge on any atom is 0.210 e. The summed E-state index contributed by atoms with van der Waals surface area (Å²) < 4.78 is 11.0. The van der Waals surface area contributed by atoms with Crippen molar-refractivity contribution in [3.8, 4) is 17.6 Å². The lowest BCUT2D eigenvalue weighted by molar-refractivity contribution is 0.0925. The number of halogens is 1. The van der Waals surface area contributed by atoms with Gasteiger partial charge in [-0.1, -0.05) is 11.6 Å². The number of carbonyl (C=O) groups excluding carboxylic acids is 1. The lowest BCUT2D eigenvalue weighted by atomic mass is 10.2. The lowest BCUT2D eigenvalue weighted by Gasteiger charge is -2.07. The van der Waals surface area contributed by atoms with Gasteiger partial charge >= 0.3 is 0 Å². The fraction of sp³-hybridized carbons (Fsp3) is 0.143. The van der Waals surface area contributed by atoms with E-state index in [1.54, 1.807) is 30.3 Å². The number of hydrogen-bond donors (Lipinski definition) is 0. The minimum absolute atomic E-state index is 0.116. The second-order valence-corrected chi connectivity index (χ2v) is 5.54. The van der Waals surface area contributed by atoms with Crippen LogP contribution < -0.4 is 9.47 Å². The number of carbonyl (C=O) groups is 1. The van der Waals surface area contributed by atoms with Crippen molar-refractivity contribution in [2.45, 2.75) is 0 Å². The summed E-state index contributed by atoms with van der Waals surface area (Å²) in [6.45, 7) is -0.116. The van der Waals surface area contributed by atoms with Crippen molar-refractivity contribution >= 4 is 28.7 Å². The molecule has 20 heavy (non-hydrogen) atoms. The molecule has 2 aromatic rings. The second kappa shape index (κ2) is 6.42. The molecule has 6 heteroatoms. The summed E-state index contributed by atoms with van der Waals surface area (Å²) >= 11 is 6.98. The average molecular weight is 308 g/mol. The Morgan fingerprint density at radius 3 is 2.70 bits per heavy atom. The van der Waals surface area contributed by atoms with Crippen LogP contribution in [0.15, 0.2) is 30.3 Å². The van der Waals surface area contributed by atoms with Crippen LogP contribution in [0.2, 0.25) is 4.34 Å². The molecule has 0 saturated carbocycles. The maximum absolute atomic E-state index is 11.9. The van der Waals surface area contributed by atoms with Crippen molar-refractivity contribution in [3.63, 3.8) is 0 Å². The number of ether oxygens (including phenoxy) is 2. The summed E-state index contributed by atoms with van der Waals surface area (Å²) in [6.07, 6.45) is 0. The number of rotatable bonds is 5. The molecule has 0 N–H and O–H groups in total. The molecule has 1 aromatic heterocycles. The lowest BCUT2D eigenvalue weighted by Crippen LogP contribution is -2.10. The Labute approximate surface area is 125 Å². The molecular formula is C14H10ClNO3S. The normalized spacial score (nSPS) is 9.85. The summed E-state index contributed by atoms with van der Waals surface area (Å²) in [5.74, 6) is 0.755. The van der Waals surface area contributed by atoms with Crippen LogP contribution in [0.25, 0.3) is 0 Å². The molecular weight excluding hydrogens is 298 g/mol. The molecule has 0 aliphatic rings. The Morgan fingerprint density at radius 2 is 2.10 bits per heavy atom. The van der Waals surface area contributed by atoms with Crippen molar-refractivity contribution < 1.29 is 14.3 Å². The minimum atomic E-state index is -0.164. The molecule has 1 aromatic carbocycles. The molecule has 0 bridgehead atoms. The summed E-state index contributed by atoms with van der Waals surface area (Å²) in [5, 5.41) is 8.90. The van der Waals surface area contributed by atoms with Gasteiger partial charge in [-0.25, -0.2) is 0 Å². The average Bonchev–Trinajstić information content (AvgIpc) is 2.91. The molecule has 102 valence electrons. The number of thiophene rings is 1. The largest absolute Gasteiger partial charge is 0.497 e. The summed E-state index contributed by atoms with van der Waals surface area (Å²) in [4.78, 5) is 12.4. The van der Waals surface area contributed by atoms with Crippen LogP contribution in [-0.2, 0) is 0 Å². The van der Waals surface area contributed by atoms with E-state index in [9.17, 15) is 4.79 Å². The molecule has 0 saturated heterocycles. The molecule has 4 nitrogen and oxygen atoms in total. The highest BCUT2D eigenvalue weighted by atomic mass is 35.5. The van der Waals surface area contributed by atoms with Crippen LogP contribution in [-0.4, -0.2) is 19.5 Å². The standard InChI is InChI=1S/C14H10ClNO3S/c1-18-10-4-9(7-16)5-11(6-10)19-8-12(17)13-2-3-14(15)20-13/h2-6H,8H2,1H3. The van der Waals surface area contributed by atoms with Gasteiger partial charge in [0.2, 0.25) is 5.78 Å². The number of methoxy groups -OCH3 is 1. The highest BCUT2D eigenvalue weighted by Crippen LogP contribution is 2.24. The molecule has 0 fully saturated rings. The summed E-state index contributed by atoms with van der Waals surface area (Å²) in [7, 11) is 1.50. The van der Waals surface area contributed by atoms with Crippen LogP contribution >= 0.6 is 22.9 Å². The number of nitrogens with zero attached hydrogens (tertiary/aromatic N) is 1. The highest BCUT2D eigenvalue weighted by Gasteiger charge is 2.10. The first-order chi connectivity index (χ1) is 9.62. The van der Waals surface area contributed by atoms with Gasteiger partial charge in [-0.2, -0.15) is 5.26 Å². The third kappa shape index (κ3) is 3.50. The molecule has 1 heterocycles. The zero-order valence-corrected chi connectivity index (χ0v) is 12.1. The van der Waals surface area contributed by atoms with E-state index >= 15 is 0 Å². The molecule has 0 spiro atoms. The third-order valence-electron chi connectivity index (χ3n) is 2.46. The van der Waals surface area contributed by atoms with Crippen molar-refractivity contribution in [1.29, 1.82) is 5.26 Å². The zero-order valence-electron chi connectivity index (χ0n) is 10.6. The molecule has 2 rings (SSSR count). The topological polar surface area (TPSA) is 59.3 Å². The number of Topliss-reactive ketones (excluding diaryl/α,β-unsaturated/α-hetero) is 1. The maximum atomic E-state index is 11.9. The van der Waals surface area contributed by atoms with Gasteiger partial charge in [-0.15, -0.1) is 11.3 Å². The van der Waals surface area contributed by atoms with E-state index in [2.05, 4.69) is 0 Å². The minimum Gasteiger partial charge on any atom is -0.497 e. The van der Waals surface area contributed by atoms with Crippen LogP contribution in [0.1, 0.15) is 15.2 Å². The Bertz CT molecular complexity index is 675. The van der Waals surface area contributed by atoms with Crippen molar-refractivity contribution in [3.05, 3.63) is 45.1 Å². The highest BCUT2D eigenvalue weighted by molar-refractivity contribution is 7.18.